The molecule has 9 heteroatoms. The first kappa shape index (κ1) is 22.2. The molecule has 0 radical (unpaired) electrons. The number of rotatable bonds is 6. The number of carbonyl (C=O) groups is 2. The molecule has 0 bridgehead atoms. The number of aromatic nitrogens is 3. The Morgan fingerprint density at radius 3 is 2.50 bits per heavy atom. The van der Waals surface area contributed by atoms with E-state index in [2.05, 4.69) is 27.0 Å². The molecule has 0 aliphatic rings. The Kier molecular flexibility index (Phi) is 6.32. The summed E-state index contributed by atoms with van der Waals surface area (Å²) in [5, 5.41) is 23.2. The number of nitrogens with one attached hydrogen (secondary N) is 2. The molecule has 34 heavy (non-hydrogen) atoms. The average molecular weight is 452 g/mol. The molecule has 0 unspecified atom stereocenters. The van der Waals surface area contributed by atoms with Crippen LogP contribution in [0.15, 0.2) is 66.7 Å². The Labute approximate surface area is 195 Å². The lowest BCUT2D eigenvalue weighted by molar-refractivity contribution is 0.0961. The van der Waals surface area contributed by atoms with Gasteiger partial charge in [-0.15, -0.1) is 5.10 Å². The van der Waals surface area contributed by atoms with Gasteiger partial charge in [0.1, 0.15) is 23.0 Å². The minimum Gasteiger partial charge on any atom is -0.497 e. The van der Waals surface area contributed by atoms with Crippen molar-refractivity contribution < 1.29 is 14.3 Å². The number of anilines is 1. The van der Waals surface area contributed by atoms with Crippen molar-refractivity contribution in [1.82, 2.24) is 20.3 Å². The molecule has 0 spiro atoms. The number of fused-ring (bicyclic) bond motifs is 1. The van der Waals surface area contributed by atoms with Crippen LogP contribution in [0.4, 0.5) is 5.69 Å². The predicted molar refractivity (Wildman–Crippen MR) is 128 cm³/mol. The molecule has 0 aliphatic heterocycles. The van der Waals surface area contributed by atoms with Crippen LogP contribution in [0.3, 0.4) is 0 Å². The summed E-state index contributed by atoms with van der Waals surface area (Å²) in [7, 11) is 3.13. The summed E-state index contributed by atoms with van der Waals surface area (Å²) in [4.78, 5) is 24.6. The van der Waals surface area contributed by atoms with E-state index in [0.29, 0.717) is 33.6 Å². The number of hydrogen-bond acceptors (Lipinski definition) is 6. The van der Waals surface area contributed by atoms with E-state index >= 15 is 0 Å². The molecular weight excluding hydrogens is 432 g/mol. The van der Waals surface area contributed by atoms with Crippen LogP contribution >= 0.6 is 0 Å². The Morgan fingerprint density at radius 1 is 1.03 bits per heavy atom. The van der Waals surface area contributed by atoms with Crippen LogP contribution in [0.5, 0.6) is 5.75 Å². The predicted octanol–water partition coefficient (Wildman–Crippen LogP) is 3.57. The van der Waals surface area contributed by atoms with E-state index in [1.807, 2.05) is 12.1 Å². The number of carbonyl (C=O) groups excluding carboxylic acids is 2. The molecule has 0 aliphatic carbocycles. The van der Waals surface area contributed by atoms with Crippen molar-refractivity contribution in [2.75, 3.05) is 19.5 Å². The summed E-state index contributed by atoms with van der Waals surface area (Å²) in [5.74, 6) is 0.109. The third-order valence-electron chi connectivity index (χ3n) is 5.08. The number of hydrogen-bond donors (Lipinski definition) is 2. The van der Waals surface area contributed by atoms with Gasteiger partial charge in [0.25, 0.3) is 11.8 Å². The van der Waals surface area contributed by atoms with E-state index in [0.717, 1.165) is 5.56 Å². The zero-order chi connectivity index (χ0) is 24.1. The van der Waals surface area contributed by atoms with Gasteiger partial charge in [0.2, 0.25) is 0 Å². The van der Waals surface area contributed by atoms with Gasteiger partial charge in [-0.1, -0.05) is 23.4 Å². The van der Waals surface area contributed by atoms with Crippen LogP contribution in [0.25, 0.3) is 22.8 Å². The van der Waals surface area contributed by atoms with E-state index in [-0.39, 0.29) is 17.5 Å². The van der Waals surface area contributed by atoms with Crippen LogP contribution in [0.2, 0.25) is 0 Å². The molecule has 168 valence electrons. The van der Waals surface area contributed by atoms with E-state index in [1.54, 1.807) is 74.8 Å². The molecule has 4 rings (SSSR count). The fraction of sp³-hybridized carbons (Fsp3) is 0.0800. The summed E-state index contributed by atoms with van der Waals surface area (Å²) in [5.41, 5.74) is 3.41. The number of nitrogens with zero attached hydrogens (tertiary/aromatic N) is 4. The molecule has 9 nitrogen and oxygen atoms in total. The number of methoxy groups -OCH3 is 1. The van der Waals surface area contributed by atoms with E-state index < -0.39 is 0 Å². The molecule has 0 saturated heterocycles. The third-order valence-corrected chi connectivity index (χ3v) is 5.08. The standard InChI is InChI=1S/C25H20N6O3/c1-27-24(32)17-4-3-5-19(13-17)28-25(33)18-8-11-23-22(14-18)29-30-31(23)20(15-26)12-16-6-9-21(34-2)10-7-16/h3-14H,1-2H3,(H,27,32)(H,28,33)/b20-12+. The van der Waals surface area contributed by atoms with Gasteiger partial charge in [0.05, 0.1) is 12.6 Å². The number of ether oxygens (including phenoxy) is 1. The summed E-state index contributed by atoms with van der Waals surface area (Å²) in [6, 6.07) is 20.9. The zero-order valence-corrected chi connectivity index (χ0v) is 18.4. The van der Waals surface area contributed by atoms with Crippen LogP contribution in [-0.4, -0.2) is 41.0 Å². The monoisotopic (exact) mass is 452 g/mol. The summed E-state index contributed by atoms with van der Waals surface area (Å²) in [6.07, 6.45) is 1.69. The molecule has 2 amide bonds. The number of nitriles is 1. The second-order valence-corrected chi connectivity index (χ2v) is 7.23. The lowest BCUT2D eigenvalue weighted by atomic mass is 10.1. The van der Waals surface area contributed by atoms with Crippen LogP contribution in [-0.2, 0) is 0 Å². The highest BCUT2D eigenvalue weighted by atomic mass is 16.5. The highest BCUT2D eigenvalue weighted by Crippen LogP contribution is 2.21. The van der Waals surface area contributed by atoms with Gasteiger partial charge >= 0.3 is 0 Å². The van der Waals surface area contributed by atoms with Gasteiger partial charge < -0.3 is 15.4 Å². The van der Waals surface area contributed by atoms with E-state index in [4.69, 9.17) is 4.74 Å². The van der Waals surface area contributed by atoms with Gasteiger partial charge in [0.15, 0.2) is 0 Å². The number of benzene rings is 3. The molecule has 0 atom stereocenters. The molecule has 1 aromatic heterocycles. The van der Waals surface area contributed by atoms with Crippen molar-refractivity contribution >= 4 is 40.3 Å². The van der Waals surface area contributed by atoms with E-state index in [1.165, 1.54) is 4.68 Å². The second-order valence-electron chi connectivity index (χ2n) is 7.23. The lowest BCUT2D eigenvalue weighted by Crippen LogP contribution is -2.18. The lowest BCUT2D eigenvalue weighted by Gasteiger charge is -2.07. The van der Waals surface area contributed by atoms with Crippen LogP contribution < -0.4 is 15.4 Å². The van der Waals surface area contributed by atoms with Gasteiger partial charge in [0, 0.05) is 23.9 Å². The van der Waals surface area contributed by atoms with Crippen molar-refractivity contribution in [2.45, 2.75) is 0 Å². The highest BCUT2D eigenvalue weighted by Gasteiger charge is 2.14. The molecule has 1 heterocycles. The molecule has 2 N–H and O–H groups in total. The highest BCUT2D eigenvalue weighted by molar-refractivity contribution is 6.06. The molecule has 0 saturated carbocycles. The fourth-order valence-corrected chi connectivity index (χ4v) is 3.33. The average Bonchev–Trinajstić information content (AvgIpc) is 3.30. The molecule has 0 fully saturated rings. The van der Waals surface area contributed by atoms with Gasteiger partial charge in [-0.05, 0) is 60.2 Å². The van der Waals surface area contributed by atoms with Gasteiger partial charge in [-0.2, -0.15) is 5.26 Å². The first-order valence-corrected chi connectivity index (χ1v) is 10.3. The first-order chi connectivity index (χ1) is 16.5. The Hall–Kier alpha value is -4.97. The van der Waals surface area contributed by atoms with Gasteiger partial charge in [-0.3, -0.25) is 9.59 Å². The second kappa shape index (κ2) is 9.67. The maximum absolute atomic E-state index is 12.8. The van der Waals surface area contributed by atoms with Crippen molar-refractivity contribution in [3.05, 3.63) is 83.4 Å². The topological polar surface area (TPSA) is 122 Å². The normalized spacial score (nSPS) is 11.0. The summed E-state index contributed by atoms with van der Waals surface area (Å²) in [6.45, 7) is 0. The number of amides is 2. The van der Waals surface area contributed by atoms with Crippen molar-refractivity contribution in [1.29, 1.82) is 5.26 Å². The zero-order valence-electron chi connectivity index (χ0n) is 18.4. The minimum absolute atomic E-state index is 0.245. The molecule has 4 aromatic rings. The van der Waals surface area contributed by atoms with E-state index in [9.17, 15) is 14.9 Å². The smallest absolute Gasteiger partial charge is 0.255 e. The van der Waals surface area contributed by atoms with Crippen molar-refractivity contribution in [3.8, 4) is 11.8 Å². The maximum Gasteiger partial charge on any atom is 0.255 e. The summed E-state index contributed by atoms with van der Waals surface area (Å²) >= 11 is 0. The Morgan fingerprint density at radius 2 is 1.79 bits per heavy atom. The van der Waals surface area contributed by atoms with Gasteiger partial charge in [-0.25, -0.2) is 4.68 Å². The Balaban J connectivity index is 1.59. The fourth-order valence-electron chi connectivity index (χ4n) is 3.33. The first-order valence-electron chi connectivity index (χ1n) is 10.3. The third kappa shape index (κ3) is 4.61. The Bertz CT molecular complexity index is 1450. The summed E-state index contributed by atoms with van der Waals surface area (Å²) < 4.78 is 6.58. The minimum atomic E-state index is -0.361. The van der Waals surface area contributed by atoms with Crippen molar-refractivity contribution in [2.24, 2.45) is 0 Å². The SMILES string of the molecule is CNC(=O)c1cccc(NC(=O)c2ccc3c(c2)nnn3/C(C#N)=C/c2ccc(OC)cc2)c1. The number of allylic oxidation sites excluding steroid dienone is 1. The maximum atomic E-state index is 12.8. The molecule has 3 aromatic carbocycles. The largest absolute Gasteiger partial charge is 0.497 e. The molecular formula is C25H20N6O3. The quantitative estimate of drug-likeness (QED) is 0.431. The van der Waals surface area contributed by atoms with Crippen molar-refractivity contribution in [3.63, 3.8) is 0 Å². The van der Waals surface area contributed by atoms with Crippen LogP contribution in [0, 0.1) is 11.3 Å². The van der Waals surface area contributed by atoms with Crippen LogP contribution in [0.1, 0.15) is 26.3 Å².